The molecule has 0 aliphatic rings. The molecule has 0 saturated heterocycles. The highest BCUT2D eigenvalue weighted by atomic mass is 16.6. The van der Waals surface area contributed by atoms with E-state index < -0.39 is 6.10 Å². The SMILES string of the molecule is CC/C=C\C/C=C\C/C=C\C/C=C\CCCCCCCCC(=O)OCC(COC(=O)CCC/C=C\CCCCCC)OC(=O)CCCCCCC/C=C\C=C/CCCCCCCCC. The van der Waals surface area contributed by atoms with Crippen molar-refractivity contribution in [3.63, 3.8) is 0 Å². The lowest BCUT2D eigenvalue weighted by Gasteiger charge is -2.18. The predicted octanol–water partition coefficient (Wildman–Crippen LogP) is 17.6. The second kappa shape index (κ2) is 52.2. The van der Waals surface area contributed by atoms with E-state index in [4.69, 9.17) is 14.2 Å². The lowest BCUT2D eigenvalue weighted by Crippen LogP contribution is -2.30. The average molecular weight is 891 g/mol. The van der Waals surface area contributed by atoms with Crippen molar-refractivity contribution in [1.82, 2.24) is 0 Å². The van der Waals surface area contributed by atoms with Crippen molar-refractivity contribution >= 4 is 17.9 Å². The van der Waals surface area contributed by atoms with Crippen LogP contribution in [0.15, 0.2) is 85.1 Å². The molecule has 0 fully saturated rings. The van der Waals surface area contributed by atoms with Gasteiger partial charge in [0.1, 0.15) is 13.2 Å². The van der Waals surface area contributed by atoms with Crippen LogP contribution in [0.2, 0.25) is 0 Å². The summed E-state index contributed by atoms with van der Waals surface area (Å²) in [5, 5.41) is 0. The molecule has 64 heavy (non-hydrogen) atoms. The third-order valence-electron chi connectivity index (χ3n) is 11.1. The van der Waals surface area contributed by atoms with Gasteiger partial charge in [0.15, 0.2) is 6.10 Å². The van der Waals surface area contributed by atoms with E-state index in [2.05, 4.69) is 106 Å². The van der Waals surface area contributed by atoms with Crippen molar-refractivity contribution in [2.24, 2.45) is 0 Å². The Kier molecular flexibility index (Phi) is 49.4. The van der Waals surface area contributed by atoms with E-state index in [0.29, 0.717) is 25.7 Å². The zero-order valence-corrected chi connectivity index (χ0v) is 41.8. The molecule has 0 aromatic rings. The van der Waals surface area contributed by atoms with Gasteiger partial charge in [-0.15, -0.1) is 0 Å². The fourth-order valence-corrected chi connectivity index (χ4v) is 7.13. The minimum absolute atomic E-state index is 0.0995. The van der Waals surface area contributed by atoms with E-state index in [0.717, 1.165) is 109 Å². The summed E-state index contributed by atoms with van der Waals surface area (Å²) in [6, 6.07) is 0. The molecule has 6 heteroatoms. The smallest absolute Gasteiger partial charge is 0.306 e. The molecule has 0 radical (unpaired) electrons. The quantitative estimate of drug-likeness (QED) is 0.0199. The summed E-state index contributed by atoms with van der Waals surface area (Å²) in [5.74, 6) is -0.964. The highest BCUT2D eigenvalue weighted by Crippen LogP contribution is 2.13. The Hall–Kier alpha value is -3.41. The molecule has 0 N–H and O–H groups in total. The van der Waals surface area contributed by atoms with Gasteiger partial charge < -0.3 is 14.2 Å². The summed E-state index contributed by atoms with van der Waals surface area (Å²) in [6.07, 6.45) is 67.2. The monoisotopic (exact) mass is 891 g/mol. The van der Waals surface area contributed by atoms with Gasteiger partial charge in [0.05, 0.1) is 0 Å². The Morgan fingerprint density at radius 1 is 0.344 bits per heavy atom. The van der Waals surface area contributed by atoms with Crippen LogP contribution in [0.3, 0.4) is 0 Å². The first-order valence-electron chi connectivity index (χ1n) is 26.6. The zero-order chi connectivity index (χ0) is 46.5. The van der Waals surface area contributed by atoms with Crippen molar-refractivity contribution in [2.75, 3.05) is 13.2 Å². The fraction of sp³-hybridized carbons (Fsp3) is 0.707. The molecule has 1 atom stereocenters. The molecule has 0 aliphatic heterocycles. The Labute approximate surface area is 395 Å². The van der Waals surface area contributed by atoms with Crippen LogP contribution in [0.4, 0.5) is 0 Å². The molecular formula is C58H98O6. The van der Waals surface area contributed by atoms with Crippen LogP contribution in [0.25, 0.3) is 0 Å². The van der Waals surface area contributed by atoms with Crippen LogP contribution in [-0.2, 0) is 28.6 Å². The van der Waals surface area contributed by atoms with Crippen molar-refractivity contribution < 1.29 is 28.6 Å². The van der Waals surface area contributed by atoms with Gasteiger partial charge in [-0.3, -0.25) is 14.4 Å². The molecule has 0 saturated carbocycles. The van der Waals surface area contributed by atoms with E-state index in [1.54, 1.807) is 0 Å². The van der Waals surface area contributed by atoms with Crippen molar-refractivity contribution in [3.8, 4) is 0 Å². The van der Waals surface area contributed by atoms with Gasteiger partial charge >= 0.3 is 17.9 Å². The third-order valence-corrected chi connectivity index (χ3v) is 11.1. The predicted molar refractivity (Wildman–Crippen MR) is 274 cm³/mol. The Bertz CT molecular complexity index is 1250. The molecule has 1 unspecified atom stereocenters. The van der Waals surface area contributed by atoms with Crippen molar-refractivity contribution in [2.45, 2.75) is 252 Å². The molecular weight excluding hydrogens is 793 g/mol. The van der Waals surface area contributed by atoms with Crippen LogP contribution in [-0.4, -0.2) is 37.2 Å². The summed E-state index contributed by atoms with van der Waals surface area (Å²) in [5.41, 5.74) is 0. The molecule has 366 valence electrons. The molecule has 0 aromatic heterocycles. The maximum atomic E-state index is 12.8. The molecule has 0 bridgehead atoms. The summed E-state index contributed by atoms with van der Waals surface area (Å²) in [4.78, 5) is 37.9. The first-order chi connectivity index (χ1) is 31.5. The van der Waals surface area contributed by atoms with E-state index >= 15 is 0 Å². The molecule has 0 rings (SSSR count). The van der Waals surface area contributed by atoms with Crippen LogP contribution in [0.5, 0.6) is 0 Å². The normalized spacial score (nSPS) is 12.7. The molecule has 0 spiro atoms. The minimum atomic E-state index is -0.801. The Balaban J connectivity index is 4.39. The van der Waals surface area contributed by atoms with E-state index in [9.17, 15) is 14.4 Å². The minimum Gasteiger partial charge on any atom is -0.462 e. The van der Waals surface area contributed by atoms with Crippen LogP contribution in [0.1, 0.15) is 245 Å². The standard InChI is InChI=1S/C58H98O6/c1-4-7-10-13-16-19-21-23-25-27-29-31-32-34-36-39-42-45-48-51-57(60)63-54-55(53-62-56(59)50-47-44-41-38-18-15-12-9-6-3)64-58(61)52-49-46-43-40-37-35-33-30-28-26-24-22-20-17-14-11-8-5-2/h7,10,16,19,23,25-26,28-31,33,38,41,55H,4-6,8-9,11-15,17-18,20-22,24,27,32,34-37,39-40,42-54H2,1-3H3/b10-7-,19-16-,25-23-,28-26-,31-29-,33-30-,41-38-. The number of allylic oxidation sites excluding steroid dienone is 14. The molecule has 0 amide bonds. The summed E-state index contributed by atoms with van der Waals surface area (Å²) in [6.45, 7) is 6.43. The molecule has 0 heterocycles. The maximum absolute atomic E-state index is 12.8. The Morgan fingerprint density at radius 3 is 1.14 bits per heavy atom. The third kappa shape index (κ3) is 49.6. The van der Waals surface area contributed by atoms with Crippen molar-refractivity contribution in [3.05, 3.63) is 85.1 Å². The lowest BCUT2D eigenvalue weighted by molar-refractivity contribution is -0.167. The fourth-order valence-electron chi connectivity index (χ4n) is 7.13. The number of hydrogen-bond acceptors (Lipinski definition) is 6. The highest BCUT2D eigenvalue weighted by Gasteiger charge is 2.19. The van der Waals surface area contributed by atoms with E-state index in [1.807, 2.05) is 0 Å². The summed E-state index contributed by atoms with van der Waals surface area (Å²) < 4.78 is 16.7. The topological polar surface area (TPSA) is 78.9 Å². The Morgan fingerprint density at radius 2 is 0.672 bits per heavy atom. The van der Waals surface area contributed by atoms with Crippen LogP contribution in [0, 0.1) is 0 Å². The second-order valence-electron chi connectivity index (χ2n) is 17.4. The largest absolute Gasteiger partial charge is 0.462 e. The lowest BCUT2D eigenvalue weighted by atomic mass is 10.1. The molecule has 0 aliphatic carbocycles. The first-order valence-corrected chi connectivity index (χ1v) is 26.6. The highest BCUT2D eigenvalue weighted by molar-refractivity contribution is 5.71. The van der Waals surface area contributed by atoms with Gasteiger partial charge in [0, 0.05) is 19.3 Å². The van der Waals surface area contributed by atoms with E-state index in [1.165, 1.54) is 89.9 Å². The number of rotatable bonds is 47. The first kappa shape index (κ1) is 60.6. The van der Waals surface area contributed by atoms with Gasteiger partial charge in [-0.25, -0.2) is 0 Å². The van der Waals surface area contributed by atoms with Gasteiger partial charge in [-0.2, -0.15) is 0 Å². The van der Waals surface area contributed by atoms with Gasteiger partial charge in [0.2, 0.25) is 0 Å². The zero-order valence-electron chi connectivity index (χ0n) is 41.8. The van der Waals surface area contributed by atoms with Crippen LogP contribution < -0.4 is 0 Å². The van der Waals surface area contributed by atoms with Gasteiger partial charge in [0.25, 0.3) is 0 Å². The summed E-state index contributed by atoms with van der Waals surface area (Å²) in [7, 11) is 0. The van der Waals surface area contributed by atoms with Crippen molar-refractivity contribution in [1.29, 1.82) is 0 Å². The molecule has 0 aromatic carbocycles. The number of carbonyl (C=O) groups is 3. The van der Waals surface area contributed by atoms with Crippen LogP contribution >= 0.6 is 0 Å². The summed E-state index contributed by atoms with van der Waals surface area (Å²) >= 11 is 0. The van der Waals surface area contributed by atoms with Gasteiger partial charge in [-0.1, -0.05) is 209 Å². The average Bonchev–Trinajstić information content (AvgIpc) is 3.29. The van der Waals surface area contributed by atoms with Gasteiger partial charge in [-0.05, 0) is 103 Å². The molecule has 6 nitrogen and oxygen atoms in total. The second-order valence-corrected chi connectivity index (χ2v) is 17.4. The number of esters is 3. The number of ether oxygens (including phenoxy) is 3. The number of hydrogen-bond donors (Lipinski definition) is 0. The van der Waals surface area contributed by atoms with E-state index in [-0.39, 0.29) is 31.1 Å². The number of carbonyl (C=O) groups excluding carboxylic acids is 3. The maximum Gasteiger partial charge on any atom is 0.306 e. The number of unbranched alkanes of at least 4 members (excludes halogenated alkanes) is 23.